The van der Waals surface area contributed by atoms with Crippen LogP contribution < -0.4 is 0 Å². The van der Waals surface area contributed by atoms with Crippen molar-refractivity contribution in [2.45, 2.75) is 27.2 Å². The molecule has 1 rings (SSSR count). The molecule has 0 aliphatic carbocycles. The second-order valence-electron chi connectivity index (χ2n) is 4.20. The first kappa shape index (κ1) is 9.53. The van der Waals surface area contributed by atoms with Crippen LogP contribution >= 0.6 is 11.6 Å². The quantitative estimate of drug-likeness (QED) is 0.651. The van der Waals surface area contributed by atoms with Crippen LogP contribution in [0.5, 0.6) is 0 Å². The molecule has 1 aromatic rings. The molecule has 1 heterocycles. The Kier molecular flexibility index (Phi) is 2.73. The monoisotopic (exact) mass is 183 g/mol. The van der Waals surface area contributed by atoms with Gasteiger partial charge in [-0.05, 0) is 24.0 Å². The lowest BCUT2D eigenvalue weighted by Crippen LogP contribution is -2.10. The topological polar surface area (TPSA) is 12.9 Å². The number of pyridine rings is 1. The fourth-order valence-corrected chi connectivity index (χ4v) is 1.27. The summed E-state index contributed by atoms with van der Waals surface area (Å²) in [6.45, 7) is 6.57. The third-order valence-electron chi connectivity index (χ3n) is 1.49. The molecule has 0 radical (unpaired) electrons. The van der Waals surface area contributed by atoms with E-state index in [0.29, 0.717) is 0 Å². The zero-order valence-corrected chi connectivity index (χ0v) is 8.52. The van der Waals surface area contributed by atoms with E-state index in [1.165, 1.54) is 0 Å². The predicted octanol–water partition coefficient (Wildman–Crippen LogP) is 3.32. The zero-order valence-electron chi connectivity index (χ0n) is 7.76. The van der Waals surface area contributed by atoms with Gasteiger partial charge in [0.15, 0.2) is 0 Å². The molecule has 1 aromatic heterocycles. The number of aromatic nitrogens is 1. The Hall–Kier alpha value is -0.560. The normalized spacial score (nSPS) is 11.7. The summed E-state index contributed by atoms with van der Waals surface area (Å²) >= 11 is 5.83. The number of nitrogens with zero attached hydrogens (tertiary/aromatic N) is 1. The molecule has 66 valence electrons. The first-order valence-corrected chi connectivity index (χ1v) is 4.46. The second kappa shape index (κ2) is 3.44. The van der Waals surface area contributed by atoms with Crippen molar-refractivity contribution in [3.8, 4) is 0 Å². The van der Waals surface area contributed by atoms with E-state index in [2.05, 4.69) is 25.8 Å². The molecule has 2 heteroatoms. The number of hydrogen-bond acceptors (Lipinski definition) is 1. The minimum absolute atomic E-state index is 0.275. The molecule has 0 aliphatic rings. The number of halogens is 1. The van der Waals surface area contributed by atoms with Crippen molar-refractivity contribution in [3.63, 3.8) is 0 Å². The van der Waals surface area contributed by atoms with E-state index in [0.717, 1.165) is 17.1 Å². The lowest BCUT2D eigenvalue weighted by Gasteiger charge is -2.17. The van der Waals surface area contributed by atoms with E-state index in [1.807, 2.05) is 6.07 Å². The molecule has 1 nitrogen and oxygen atoms in total. The van der Waals surface area contributed by atoms with Gasteiger partial charge in [0.25, 0.3) is 0 Å². The van der Waals surface area contributed by atoms with Crippen LogP contribution in [-0.4, -0.2) is 4.98 Å². The Bertz CT molecular complexity index is 263. The molecule has 0 bridgehead atoms. The average Bonchev–Trinajstić information content (AvgIpc) is 1.82. The van der Waals surface area contributed by atoms with E-state index in [9.17, 15) is 0 Å². The minimum Gasteiger partial charge on any atom is -0.261 e. The molecular formula is C10H14ClN. The summed E-state index contributed by atoms with van der Waals surface area (Å²) in [6, 6.07) is 3.72. The smallest absolute Gasteiger partial charge is 0.0439 e. The molecule has 0 amide bonds. The van der Waals surface area contributed by atoms with E-state index >= 15 is 0 Å². The Morgan fingerprint density at radius 2 is 2.08 bits per heavy atom. The van der Waals surface area contributed by atoms with Gasteiger partial charge in [0.1, 0.15) is 0 Å². The molecule has 0 saturated carbocycles. The predicted molar refractivity (Wildman–Crippen MR) is 52.4 cm³/mol. The maximum absolute atomic E-state index is 5.83. The maximum atomic E-state index is 5.83. The van der Waals surface area contributed by atoms with Gasteiger partial charge in [-0.3, -0.25) is 4.98 Å². The van der Waals surface area contributed by atoms with Crippen molar-refractivity contribution < 1.29 is 0 Å². The standard InChI is InChI=1S/C10H14ClN/c1-10(2,3)7-9-6-8(11)4-5-12-9/h4-6H,7H2,1-3H3. The number of rotatable bonds is 1. The molecule has 0 unspecified atom stereocenters. The van der Waals surface area contributed by atoms with Gasteiger partial charge in [-0.2, -0.15) is 0 Å². The van der Waals surface area contributed by atoms with Crippen LogP contribution in [-0.2, 0) is 6.42 Å². The minimum atomic E-state index is 0.275. The van der Waals surface area contributed by atoms with Gasteiger partial charge >= 0.3 is 0 Å². The highest BCUT2D eigenvalue weighted by atomic mass is 35.5. The second-order valence-corrected chi connectivity index (χ2v) is 4.64. The molecule has 0 spiro atoms. The van der Waals surface area contributed by atoms with Crippen molar-refractivity contribution in [2.24, 2.45) is 5.41 Å². The average molecular weight is 184 g/mol. The van der Waals surface area contributed by atoms with E-state index in [4.69, 9.17) is 11.6 Å². The summed E-state index contributed by atoms with van der Waals surface area (Å²) in [5.74, 6) is 0. The summed E-state index contributed by atoms with van der Waals surface area (Å²) in [5.41, 5.74) is 1.34. The Labute approximate surface area is 78.8 Å². The Balaban J connectivity index is 2.77. The molecule has 0 aromatic carbocycles. The first-order valence-electron chi connectivity index (χ1n) is 4.08. The molecule has 0 fully saturated rings. The third-order valence-corrected chi connectivity index (χ3v) is 1.73. The molecular weight excluding hydrogens is 170 g/mol. The van der Waals surface area contributed by atoms with Gasteiger partial charge in [0.2, 0.25) is 0 Å². The molecule has 0 aliphatic heterocycles. The SMILES string of the molecule is CC(C)(C)Cc1cc(Cl)ccn1. The summed E-state index contributed by atoms with van der Waals surface area (Å²) in [5, 5.41) is 0.768. The van der Waals surface area contributed by atoms with E-state index < -0.39 is 0 Å². The lowest BCUT2D eigenvalue weighted by atomic mass is 9.90. The van der Waals surface area contributed by atoms with Gasteiger partial charge in [0.05, 0.1) is 0 Å². The van der Waals surface area contributed by atoms with Crippen LogP contribution in [0.3, 0.4) is 0 Å². The van der Waals surface area contributed by atoms with Crippen molar-refractivity contribution in [3.05, 3.63) is 29.0 Å². The van der Waals surface area contributed by atoms with Gasteiger partial charge in [0, 0.05) is 16.9 Å². The van der Waals surface area contributed by atoms with Crippen molar-refractivity contribution in [1.82, 2.24) is 4.98 Å². The Morgan fingerprint density at radius 1 is 1.42 bits per heavy atom. The first-order chi connectivity index (χ1) is 5.47. The van der Waals surface area contributed by atoms with Gasteiger partial charge in [-0.25, -0.2) is 0 Å². The fraction of sp³-hybridized carbons (Fsp3) is 0.500. The summed E-state index contributed by atoms with van der Waals surface area (Å²) < 4.78 is 0. The highest BCUT2D eigenvalue weighted by molar-refractivity contribution is 6.30. The van der Waals surface area contributed by atoms with Crippen molar-refractivity contribution in [1.29, 1.82) is 0 Å². The zero-order chi connectivity index (χ0) is 9.19. The van der Waals surface area contributed by atoms with Crippen LogP contribution in [0, 0.1) is 5.41 Å². The maximum Gasteiger partial charge on any atom is 0.0439 e. The van der Waals surface area contributed by atoms with Crippen molar-refractivity contribution >= 4 is 11.6 Å². The highest BCUT2D eigenvalue weighted by Gasteiger charge is 2.11. The van der Waals surface area contributed by atoms with Crippen LogP contribution in [0.15, 0.2) is 18.3 Å². The van der Waals surface area contributed by atoms with Crippen LogP contribution in [0.4, 0.5) is 0 Å². The summed E-state index contributed by atoms with van der Waals surface area (Å²) in [6.07, 6.45) is 2.72. The molecule has 0 atom stereocenters. The van der Waals surface area contributed by atoms with Gasteiger partial charge in [-0.15, -0.1) is 0 Å². The van der Waals surface area contributed by atoms with Gasteiger partial charge in [-0.1, -0.05) is 32.4 Å². The fourth-order valence-electron chi connectivity index (χ4n) is 1.09. The van der Waals surface area contributed by atoms with Gasteiger partial charge < -0.3 is 0 Å². The van der Waals surface area contributed by atoms with E-state index in [-0.39, 0.29) is 5.41 Å². The lowest BCUT2D eigenvalue weighted by molar-refractivity contribution is 0.406. The molecule has 12 heavy (non-hydrogen) atoms. The highest BCUT2D eigenvalue weighted by Crippen LogP contribution is 2.20. The summed E-state index contributed by atoms with van der Waals surface area (Å²) in [7, 11) is 0. The van der Waals surface area contributed by atoms with E-state index in [1.54, 1.807) is 12.3 Å². The van der Waals surface area contributed by atoms with Crippen LogP contribution in [0.1, 0.15) is 26.5 Å². The van der Waals surface area contributed by atoms with Crippen LogP contribution in [0.2, 0.25) is 5.02 Å². The molecule has 0 saturated heterocycles. The summed E-state index contributed by atoms with van der Waals surface area (Å²) in [4.78, 5) is 4.24. The third kappa shape index (κ3) is 3.22. The Morgan fingerprint density at radius 3 is 2.58 bits per heavy atom. The van der Waals surface area contributed by atoms with Crippen molar-refractivity contribution in [2.75, 3.05) is 0 Å². The largest absolute Gasteiger partial charge is 0.261 e. The van der Waals surface area contributed by atoms with Crippen LogP contribution in [0.25, 0.3) is 0 Å². The number of hydrogen-bond donors (Lipinski definition) is 0. The molecule has 0 N–H and O–H groups in total.